The summed E-state index contributed by atoms with van der Waals surface area (Å²) in [6.45, 7) is 7.98. The second-order valence-corrected chi connectivity index (χ2v) is 7.43. The monoisotopic (exact) mass is 384 g/mol. The van der Waals surface area contributed by atoms with Crippen molar-refractivity contribution in [3.63, 3.8) is 0 Å². The number of nitrogens with one attached hydrogen (secondary N) is 2. The minimum atomic E-state index is -0.331. The molecule has 2 aromatic rings. The zero-order chi connectivity index (χ0) is 19.7. The average Bonchev–Trinajstić information content (AvgIpc) is 3.04. The third-order valence-electron chi connectivity index (χ3n) is 4.80. The molecule has 2 heterocycles. The minimum Gasteiger partial charge on any atom is -0.360 e. The summed E-state index contributed by atoms with van der Waals surface area (Å²) >= 11 is 5.44. The van der Waals surface area contributed by atoms with Crippen LogP contribution in [0.4, 0.5) is 5.82 Å². The molecule has 142 valence electrons. The van der Waals surface area contributed by atoms with Gasteiger partial charge in [-0.2, -0.15) is 0 Å². The van der Waals surface area contributed by atoms with Crippen molar-refractivity contribution in [3.8, 4) is 0 Å². The number of aromatic nitrogens is 1. The first-order chi connectivity index (χ1) is 12.8. The maximum atomic E-state index is 13.0. The van der Waals surface area contributed by atoms with E-state index in [0.717, 1.165) is 11.3 Å². The van der Waals surface area contributed by atoms with Crippen LogP contribution in [0.15, 0.2) is 46.1 Å². The van der Waals surface area contributed by atoms with Crippen LogP contribution in [0.5, 0.6) is 0 Å². The maximum absolute atomic E-state index is 13.0. The molecule has 1 amide bonds. The molecule has 0 spiro atoms. The second-order valence-electron chi connectivity index (χ2n) is 7.04. The Morgan fingerprint density at radius 2 is 1.96 bits per heavy atom. The lowest BCUT2D eigenvalue weighted by molar-refractivity contribution is -0.113. The van der Waals surface area contributed by atoms with E-state index in [4.69, 9.17) is 16.7 Å². The van der Waals surface area contributed by atoms with E-state index in [-0.39, 0.29) is 11.9 Å². The van der Waals surface area contributed by atoms with Crippen molar-refractivity contribution < 1.29 is 9.32 Å². The van der Waals surface area contributed by atoms with Crippen LogP contribution in [0, 0.1) is 6.92 Å². The predicted octanol–water partition coefficient (Wildman–Crippen LogP) is 3.88. The van der Waals surface area contributed by atoms with E-state index in [1.807, 2.05) is 26.1 Å². The zero-order valence-corrected chi connectivity index (χ0v) is 17.0. The van der Waals surface area contributed by atoms with Crippen LogP contribution in [0.1, 0.15) is 49.6 Å². The molecule has 0 saturated heterocycles. The summed E-state index contributed by atoms with van der Waals surface area (Å²) in [6.07, 6.45) is 0. The smallest absolute Gasteiger partial charge is 0.257 e. The largest absolute Gasteiger partial charge is 0.360 e. The van der Waals surface area contributed by atoms with Crippen LogP contribution in [0.2, 0.25) is 0 Å². The Bertz CT molecular complexity index is 899. The fourth-order valence-electron chi connectivity index (χ4n) is 3.06. The van der Waals surface area contributed by atoms with Crippen molar-refractivity contribution in [2.75, 3.05) is 12.4 Å². The van der Waals surface area contributed by atoms with E-state index in [1.54, 1.807) is 17.9 Å². The number of carbonyl (C=O) groups is 1. The summed E-state index contributed by atoms with van der Waals surface area (Å²) < 4.78 is 5.04. The van der Waals surface area contributed by atoms with Gasteiger partial charge in [0.1, 0.15) is 5.76 Å². The number of hydrogen-bond acceptors (Lipinski definition) is 4. The molecule has 27 heavy (non-hydrogen) atoms. The molecule has 0 aliphatic carbocycles. The lowest BCUT2D eigenvalue weighted by Gasteiger charge is -2.35. The number of nitrogens with zero attached hydrogens (tertiary/aromatic N) is 2. The standard InChI is InChI=1S/C20H24N4O2S/c1-11(2)14-6-8-15(9-7-14)18-17(13(4)24(5)20(27)22-18)19(25)21-16-10-12(3)26-23-16/h6-11,18H,1-5H3,(H,22,27)(H,21,23,25). The number of allylic oxidation sites excluding steroid dienone is 1. The number of benzene rings is 1. The van der Waals surface area contributed by atoms with Crippen molar-refractivity contribution in [2.24, 2.45) is 0 Å². The summed E-state index contributed by atoms with van der Waals surface area (Å²) in [5.41, 5.74) is 3.63. The van der Waals surface area contributed by atoms with Crippen molar-refractivity contribution in [1.29, 1.82) is 0 Å². The van der Waals surface area contributed by atoms with Gasteiger partial charge in [-0.05, 0) is 43.1 Å². The minimum absolute atomic E-state index is 0.236. The molecule has 1 atom stereocenters. The zero-order valence-electron chi connectivity index (χ0n) is 16.2. The predicted molar refractivity (Wildman–Crippen MR) is 109 cm³/mol. The van der Waals surface area contributed by atoms with E-state index in [0.29, 0.717) is 28.2 Å². The molecule has 1 aliphatic rings. The first kappa shape index (κ1) is 19.1. The summed E-state index contributed by atoms with van der Waals surface area (Å²) in [4.78, 5) is 14.8. The van der Waals surface area contributed by atoms with Crippen molar-refractivity contribution in [3.05, 3.63) is 58.5 Å². The summed E-state index contributed by atoms with van der Waals surface area (Å²) in [5, 5.41) is 10.5. The highest BCUT2D eigenvalue weighted by Gasteiger charge is 2.32. The molecule has 2 N–H and O–H groups in total. The molecule has 1 aromatic carbocycles. The topological polar surface area (TPSA) is 70.4 Å². The fraction of sp³-hybridized carbons (Fsp3) is 0.350. The summed E-state index contributed by atoms with van der Waals surface area (Å²) in [5.74, 6) is 1.24. The highest BCUT2D eigenvalue weighted by atomic mass is 32.1. The molecule has 0 bridgehead atoms. The van der Waals surface area contributed by atoms with E-state index >= 15 is 0 Å². The van der Waals surface area contributed by atoms with Gasteiger partial charge in [-0.15, -0.1) is 0 Å². The lowest BCUT2D eigenvalue weighted by Crippen LogP contribution is -2.46. The maximum Gasteiger partial charge on any atom is 0.257 e. The van der Waals surface area contributed by atoms with Gasteiger partial charge < -0.3 is 20.1 Å². The molecule has 0 saturated carbocycles. The number of rotatable bonds is 4. The average molecular weight is 385 g/mol. The van der Waals surface area contributed by atoms with Crippen molar-refractivity contribution in [2.45, 2.75) is 39.7 Å². The summed E-state index contributed by atoms with van der Waals surface area (Å²) in [6, 6.07) is 9.63. The van der Waals surface area contributed by atoms with Crippen LogP contribution in [0.3, 0.4) is 0 Å². The van der Waals surface area contributed by atoms with E-state index < -0.39 is 0 Å². The molecule has 6 nitrogen and oxygen atoms in total. The highest BCUT2D eigenvalue weighted by Crippen LogP contribution is 2.31. The molecular formula is C20H24N4O2S. The Kier molecular flexibility index (Phi) is 5.32. The molecule has 3 rings (SSSR count). The fourth-order valence-corrected chi connectivity index (χ4v) is 3.32. The Labute approximate surface area is 164 Å². The molecule has 7 heteroatoms. The van der Waals surface area contributed by atoms with E-state index in [9.17, 15) is 4.79 Å². The Hall–Kier alpha value is -2.67. The number of thiocarbonyl (C=S) groups is 1. The Balaban J connectivity index is 1.97. The van der Waals surface area contributed by atoms with Crippen LogP contribution in [-0.4, -0.2) is 28.1 Å². The highest BCUT2D eigenvalue weighted by molar-refractivity contribution is 7.80. The lowest BCUT2D eigenvalue weighted by atomic mass is 9.92. The third-order valence-corrected chi connectivity index (χ3v) is 5.20. The van der Waals surface area contributed by atoms with Gasteiger partial charge in [-0.1, -0.05) is 43.3 Å². The third kappa shape index (κ3) is 3.88. The second kappa shape index (κ2) is 7.52. The van der Waals surface area contributed by atoms with Gasteiger partial charge in [-0.25, -0.2) is 0 Å². The molecule has 1 aliphatic heterocycles. The molecule has 0 radical (unpaired) electrons. The van der Waals surface area contributed by atoms with E-state index in [1.165, 1.54) is 5.56 Å². The quantitative estimate of drug-likeness (QED) is 0.780. The van der Waals surface area contributed by atoms with Gasteiger partial charge in [0.2, 0.25) is 0 Å². The molecule has 1 unspecified atom stereocenters. The Morgan fingerprint density at radius 3 is 2.52 bits per heavy atom. The number of hydrogen-bond donors (Lipinski definition) is 2. The number of carbonyl (C=O) groups excluding carboxylic acids is 1. The number of aryl methyl sites for hydroxylation is 1. The van der Waals surface area contributed by atoms with Gasteiger partial charge in [-0.3, -0.25) is 4.79 Å². The van der Waals surface area contributed by atoms with Crippen LogP contribution in [0.25, 0.3) is 0 Å². The first-order valence-electron chi connectivity index (χ1n) is 8.87. The van der Waals surface area contributed by atoms with Crippen LogP contribution in [-0.2, 0) is 4.79 Å². The molecule has 0 fully saturated rings. The van der Waals surface area contributed by atoms with E-state index in [2.05, 4.69) is 41.8 Å². The van der Waals surface area contributed by atoms with Gasteiger partial charge in [0.15, 0.2) is 10.9 Å². The first-order valence-corrected chi connectivity index (χ1v) is 9.28. The van der Waals surface area contributed by atoms with Crippen LogP contribution >= 0.6 is 12.2 Å². The van der Waals surface area contributed by atoms with Crippen LogP contribution < -0.4 is 10.6 Å². The Morgan fingerprint density at radius 1 is 1.30 bits per heavy atom. The van der Waals surface area contributed by atoms with Gasteiger partial charge >= 0.3 is 0 Å². The SMILES string of the molecule is CC1=C(C(=O)Nc2cc(C)on2)C(c2ccc(C(C)C)cc2)NC(=S)N1C. The number of amides is 1. The molecular weight excluding hydrogens is 360 g/mol. The molecule has 1 aromatic heterocycles. The van der Waals surface area contributed by atoms with Crippen molar-refractivity contribution >= 4 is 29.1 Å². The van der Waals surface area contributed by atoms with Gasteiger partial charge in [0, 0.05) is 18.8 Å². The number of anilines is 1. The summed E-state index contributed by atoms with van der Waals surface area (Å²) in [7, 11) is 1.84. The normalized spacial score (nSPS) is 17.3. The van der Waals surface area contributed by atoms with Gasteiger partial charge in [0.25, 0.3) is 5.91 Å². The van der Waals surface area contributed by atoms with Crippen molar-refractivity contribution in [1.82, 2.24) is 15.4 Å². The van der Waals surface area contributed by atoms with Gasteiger partial charge in [0.05, 0.1) is 11.6 Å².